The number of benzene rings is 5. The molecular formula is C31H25NO. The van der Waals surface area contributed by atoms with E-state index in [1.807, 2.05) is 24.3 Å². The quantitative estimate of drug-likeness (QED) is 0.293. The van der Waals surface area contributed by atoms with Crippen LogP contribution in [0.5, 0.6) is 5.75 Å². The van der Waals surface area contributed by atoms with Gasteiger partial charge in [0.25, 0.3) is 0 Å². The monoisotopic (exact) mass is 427 g/mol. The number of anilines is 2. The van der Waals surface area contributed by atoms with Crippen molar-refractivity contribution in [3.63, 3.8) is 0 Å². The maximum atomic E-state index is 5.64. The molecule has 0 bridgehead atoms. The molecule has 2 heteroatoms. The fourth-order valence-corrected chi connectivity index (χ4v) is 4.13. The summed E-state index contributed by atoms with van der Waals surface area (Å²) in [6.07, 6.45) is 0. The van der Waals surface area contributed by atoms with Gasteiger partial charge in [-0.25, -0.2) is 0 Å². The van der Waals surface area contributed by atoms with E-state index < -0.39 is 0 Å². The van der Waals surface area contributed by atoms with E-state index in [1.54, 1.807) is 7.11 Å². The number of para-hydroxylation sites is 1. The zero-order valence-electron chi connectivity index (χ0n) is 18.5. The molecule has 0 unspecified atom stereocenters. The van der Waals surface area contributed by atoms with Crippen molar-refractivity contribution < 1.29 is 4.74 Å². The highest BCUT2D eigenvalue weighted by Crippen LogP contribution is 2.40. The summed E-state index contributed by atoms with van der Waals surface area (Å²) < 4.78 is 5.64. The van der Waals surface area contributed by atoms with Crippen molar-refractivity contribution in [3.05, 3.63) is 127 Å². The molecule has 2 nitrogen and oxygen atoms in total. The van der Waals surface area contributed by atoms with Gasteiger partial charge in [0.15, 0.2) is 0 Å². The third-order valence-electron chi connectivity index (χ3n) is 5.75. The number of rotatable bonds is 6. The number of hydrogen-bond donors (Lipinski definition) is 1. The van der Waals surface area contributed by atoms with Gasteiger partial charge in [0, 0.05) is 22.9 Å². The molecule has 5 rings (SSSR count). The Bertz CT molecular complexity index is 1290. The van der Waals surface area contributed by atoms with Gasteiger partial charge in [0.2, 0.25) is 0 Å². The highest BCUT2D eigenvalue weighted by molar-refractivity contribution is 5.93. The van der Waals surface area contributed by atoms with Crippen LogP contribution in [-0.2, 0) is 0 Å². The molecule has 0 saturated heterocycles. The van der Waals surface area contributed by atoms with Gasteiger partial charge in [-0.2, -0.15) is 0 Å². The van der Waals surface area contributed by atoms with Crippen molar-refractivity contribution in [2.24, 2.45) is 0 Å². The van der Waals surface area contributed by atoms with Crippen LogP contribution in [0, 0.1) is 0 Å². The fourth-order valence-electron chi connectivity index (χ4n) is 4.13. The first kappa shape index (κ1) is 20.6. The van der Waals surface area contributed by atoms with E-state index in [0.29, 0.717) is 0 Å². The lowest BCUT2D eigenvalue weighted by Gasteiger charge is -2.19. The Morgan fingerprint density at radius 3 is 1.52 bits per heavy atom. The van der Waals surface area contributed by atoms with Crippen LogP contribution in [0.15, 0.2) is 127 Å². The second-order valence-corrected chi connectivity index (χ2v) is 7.90. The van der Waals surface area contributed by atoms with Gasteiger partial charge in [0.05, 0.1) is 12.8 Å². The predicted octanol–water partition coefficient (Wildman–Crippen LogP) is 8.44. The molecule has 5 aromatic carbocycles. The normalized spacial score (nSPS) is 10.6. The number of nitrogens with one attached hydrogen (secondary N) is 1. The Labute approximate surface area is 195 Å². The Hall–Kier alpha value is -4.30. The molecule has 0 amide bonds. The summed E-state index contributed by atoms with van der Waals surface area (Å²) in [5, 5.41) is 3.74. The molecule has 5 aromatic rings. The molecule has 0 atom stereocenters. The number of methoxy groups -OCH3 is 1. The molecule has 0 aromatic heterocycles. The van der Waals surface area contributed by atoms with E-state index in [1.165, 1.54) is 11.1 Å². The van der Waals surface area contributed by atoms with Crippen LogP contribution in [0.3, 0.4) is 0 Å². The highest BCUT2D eigenvalue weighted by atomic mass is 16.5. The van der Waals surface area contributed by atoms with Gasteiger partial charge in [0.1, 0.15) is 5.75 Å². The van der Waals surface area contributed by atoms with Crippen LogP contribution in [-0.4, -0.2) is 7.11 Å². The maximum absolute atomic E-state index is 5.64. The third-order valence-corrected chi connectivity index (χ3v) is 5.75. The van der Waals surface area contributed by atoms with Gasteiger partial charge in [-0.3, -0.25) is 0 Å². The molecular weight excluding hydrogens is 402 g/mol. The molecule has 0 fully saturated rings. The summed E-state index contributed by atoms with van der Waals surface area (Å²) in [5.41, 5.74) is 8.96. The summed E-state index contributed by atoms with van der Waals surface area (Å²) in [5.74, 6) is 0.817. The van der Waals surface area contributed by atoms with Gasteiger partial charge >= 0.3 is 0 Å². The summed E-state index contributed by atoms with van der Waals surface area (Å²) in [6, 6.07) is 44.1. The lowest BCUT2D eigenvalue weighted by Crippen LogP contribution is -1.98. The van der Waals surface area contributed by atoms with Crippen LogP contribution < -0.4 is 10.1 Å². The van der Waals surface area contributed by atoms with Gasteiger partial charge < -0.3 is 10.1 Å². The van der Waals surface area contributed by atoms with Crippen LogP contribution in [0.2, 0.25) is 0 Å². The van der Waals surface area contributed by atoms with E-state index in [0.717, 1.165) is 39.4 Å². The lowest BCUT2D eigenvalue weighted by molar-refractivity contribution is 0.415. The Morgan fingerprint density at radius 1 is 0.485 bits per heavy atom. The highest BCUT2D eigenvalue weighted by Gasteiger charge is 2.13. The van der Waals surface area contributed by atoms with Crippen LogP contribution in [0.4, 0.5) is 11.4 Å². The van der Waals surface area contributed by atoms with Gasteiger partial charge in [-0.15, -0.1) is 0 Å². The lowest BCUT2D eigenvalue weighted by atomic mass is 9.95. The Kier molecular flexibility index (Phi) is 5.90. The van der Waals surface area contributed by atoms with Crippen molar-refractivity contribution in [2.75, 3.05) is 12.4 Å². The van der Waals surface area contributed by atoms with Crippen LogP contribution >= 0.6 is 0 Å². The average molecular weight is 428 g/mol. The largest absolute Gasteiger partial charge is 0.497 e. The molecule has 0 aliphatic carbocycles. The van der Waals surface area contributed by atoms with E-state index in [9.17, 15) is 0 Å². The molecule has 160 valence electrons. The first-order chi connectivity index (χ1) is 16.3. The van der Waals surface area contributed by atoms with Gasteiger partial charge in [-0.05, 0) is 34.4 Å². The summed E-state index contributed by atoms with van der Waals surface area (Å²) in [6.45, 7) is 0. The molecule has 1 N–H and O–H groups in total. The van der Waals surface area contributed by atoms with E-state index >= 15 is 0 Å². The average Bonchev–Trinajstić information content (AvgIpc) is 2.90. The van der Waals surface area contributed by atoms with Crippen LogP contribution in [0.25, 0.3) is 33.4 Å². The van der Waals surface area contributed by atoms with E-state index in [4.69, 9.17) is 4.74 Å². The number of ether oxygens (including phenoxy) is 1. The number of hydrogen-bond acceptors (Lipinski definition) is 2. The smallest absolute Gasteiger partial charge is 0.121 e. The first-order valence-corrected chi connectivity index (χ1v) is 11.1. The van der Waals surface area contributed by atoms with E-state index in [2.05, 4.69) is 108 Å². The Balaban J connectivity index is 1.66. The zero-order chi connectivity index (χ0) is 22.5. The van der Waals surface area contributed by atoms with Crippen LogP contribution in [0.1, 0.15) is 0 Å². The van der Waals surface area contributed by atoms with Crippen molar-refractivity contribution in [1.82, 2.24) is 0 Å². The van der Waals surface area contributed by atoms with Crippen molar-refractivity contribution in [3.8, 4) is 39.1 Å². The Morgan fingerprint density at radius 2 is 1.00 bits per heavy atom. The fraction of sp³-hybridized carbons (Fsp3) is 0.0323. The molecule has 0 spiro atoms. The molecule has 33 heavy (non-hydrogen) atoms. The SMILES string of the molecule is COc1cc(Nc2c(-c3ccccc3)cccc2-c2ccccc2)cc(-c2ccccc2)c1. The second-order valence-electron chi connectivity index (χ2n) is 7.90. The van der Waals surface area contributed by atoms with Crippen molar-refractivity contribution in [1.29, 1.82) is 0 Å². The predicted molar refractivity (Wildman–Crippen MR) is 139 cm³/mol. The molecule has 0 aliphatic heterocycles. The molecule has 0 aliphatic rings. The van der Waals surface area contributed by atoms with Gasteiger partial charge in [-0.1, -0.05) is 109 Å². The minimum absolute atomic E-state index is 0.817. The molecule has 0 saturated carbocycles. The molecule has 0 heterocycles. The standard InChI is InChI=1S/C31H25NO/c1-33-28-21-26(23-12-5-2-6-13-23)20-27(22-28)32-31-29(24-14-7-3-8-15-24)18-11-19-30(31)25-16-9-4-10-17-25/h2-22,32H,1H3. The van der Waals surface area contributed by atoms with E-state index in [-0.39, 0.29) is 0 Å². The second kappa shape index (κ2) is 9.46. The zero-order valence-corrected chi connectivity index (χ0v) is 18.5. The van der Waals surface area contributed by atoms with Crippen molar-refractivity contribution >= 4 is 11.4 Å². The first-order valence-electron chi connectivity index (χ1n) is 11.1. The summed E-state index contributed by atoms with van der Waals surface area (Å²) in [7, 11) is 1.71. The minimum atomic E-state index is 0.817. The summed E-state index contributed by atoms with van der Waals surface area (Å²) in [4.78, 5) is 0. The van der Waals surface area contributed by atoms with Crippen molar-refractivity contribution in [2.45, 2.75) is 0 Å². The minimum Gasteiger partial charge on any atom is -0.497 e. The summed E-state index contributed by atoms with van der Waals surface area (Å²) >= 11 is 0. The molecule has 0 radical (unpaired) electrons. The third kappa shape index (κ3) is 4.51. The topological polar surface area (TPSA) is 21.3 Å². The maximum Gasteiger partial charge on any atom is 0.121 e.